The molecule has 0 unspecified atom stereocenters. The number of benzene rings is 2. The molecule has 1 nitrogen and oxygen atoms in total. The summed E-state index contributed by atoms with van der Waals surface area (Å²) in [5, 5.41) is 4.48. The van der Waals surface area contributed by atoms with E-state index in [0.29, 0.717) is 6.04 Å². The smallest absolute Gasteiger partial charge is 0.0317 e. The molecular formula is C21H24NP. The van der Waals surface area contributed by atoms with Crippen LogP contribution < -0.4 is 10.6 Å². The lowest BCUT2D eigenvalue weighted by Gasteiger charge is -2.27. The first-order valence-electron chi connectivity index (χ1n) is 8.14. The average Bonchev–Trinajstić information content (AvgIpc) is 3.05. The first-order chi connectivity index (χ1) is 11.2. The molecule has 0 saturated carbocycles. The van der Waals surface area contributed by atoms with E-state index in [1.165, 1.54) is 16.2 Å². The van der Waals surface area contributed by atoms with Gasteiger partial charge in [-0.25, -0.2) is 0 Å². The van der Waals surface area contributed by atoms with Crippen LogP contribution in [0.1, 0.15) is 13.3 Å². The Morgan fingerprint density at radius 1 is 0.870 bits per heavy atom. The molecule has 3 rings (SSSR count). The lowest BCUT2D eigenvalue weighted by atomic mass is 10.1. The van der Waals surface area contributed by atoms with Gasteiger partial charge in [0.25, 0.3) is 0 Å². The van der Waals surface area contributed by atoms with Crippen molar-refractivity contribution >= 4 is 18.5 Å². The molecule has 1 aliphatic rings. The highest BCUT2D eigenvalue weighted by Crippen LogP contribution is 2.49. The maximum atomic E-state index is 2.33. The molecule has 0 aromatic heterocycles. The summed E-state index contributed by atoms with van der Waals surface area (Å²) >= 11 is 0. The fourth-order valence-electron chi connectivity index (χ4n) is 3.01. The van der Waals surface area contributed by atoms with Gasteiger partial charge in [-0.05, 0) is 56.9 Å². The van der Waals surface area contributed by atoms with Gasteiger partial charge in [0.2, 0.25) is 0 Å². The highest BCUT2D eigenvalue weighted by atomic mass is 31.1. The van der Waals surface area contributed by atoms with Gasteiger partial charge < -0.3 is 4.90 Å². The van der Waals surface area contributed by atoms with Crippen molar-refractivity contribution in [1.29, 1.82) is 0 Å². The molecule has 1 aliphatic carbocycles. The standard InChI is InChI=1S/C21H24NP/c1-17(22(2)3)20-15-10-16-21(20)23(18-11-6-4-7-12-18)19-13-8-5-9-14-19/h4-15,17H,16H2,1-3H3/t17-/m1/s1. The van der Waals surface area contributed by atoms with Gasteiger partial charge >= 0.3 is 0 Å². The van der Waals surface area contributed by atoms with Crippen LogP contribution in [0.25, 0.3) is 0 Å². The molecule has 0 saturated heterocycles. The van der Waals surface area contributed by atoms with E-state index in [2.05, 4.69) is 98.7 Å². The molecule has 0 radical (unpaired) electrons. The number of rotatable bonds is 5. The number of hydrogen-bond donors (Lipinski definition) is 0. The molecule has 0 bridgehead atoms. The van der Waals surface area contributed by atoms with Crippen molar-refractivity contribution in [2.75, 3.05) is 14.1 Å². The van der Waals surface area contributed by atoms with E-state index in [4.69, 9.17) is 0 Å². The zero-order chi connectivity index (χ0) is 16.2. The van der Waals surface area contributed by atoms with Gasteiger partial charge in [0.05, 0.1) is 0 Å². The minimum Gasteiger partial charge on any atom is -0.303 e. The molecule has 0 amide bonds. The van der Waals surface area contributed by atoms with Gasteiger partial charge in [0.1, 0.15) is 0 Å². The molecule has 0 heterocycles. The first kappa shape index (κ1) is 16.2. The third-order valence-corrected chi connectivity index (χ3v) is 7.07. The van der Waals surface area contributed by atoms with Gasteiger partial charge in [0, 0.05) is 6.04 Å². The van der Waals surface area contributed by atoms with Crippen LogP contribution in [0.3, 0.4) is 0 Å². The Morgan fingerprint density at radius 2 is 1.39 bits per heavy atom. The van der Waals surface area contributed by atoms with E-state index in [1.54, 1.807) is 5.31 Å². The highest BCUT2D eigenvalue weighted by Gasteiger charge is 2.25. The highest BCUT2D eigenvalue weighted by molar-refractivity contribution is 7.76. The third kappa shape index (κ3) is 3.47. The summed E-state index contributed by atoms with van der Waals surface area (Å²) in [4.78, 5) is 2.30. The van der Waals surface area contributed by atoms with Gasteiger partial charge in [-0.1, -0.05) is 72.8 Å². The second-order valence-electron chi connectivity index (χ2n) is 6.15. The number of likely N-dealkylation sites (N-methyl/N-ethyl adjacent to an activating group) is 1. The van der Waals surface area contributed by atoms with E-state index >= 15 is 0 Å². The predicted octanol–water partition coefficient (Wildman–Crippen LogP) is 4.28. The quantitative estimate of drug-likeness (QED) is 0.743. The van der Waals surface area contributed by atoms with Crippen LogP contribution in [0.15, 0.2) is 83.7 Å². The Labute approximate surface area is 141 Å². The van der Waals surface area contributed by atoms with Crippen LogP contribution in [0, 0.1) is 0 Å². The van der Waals surface area contributed by atoms with Crippen molar-refractivity contribution in [2.45, 2.75) is 19.4 Å². The molecule has 1 atom stereocenters. The summed E-state index contributed by atoms with van der Waals surface area (Å²) in [5.41, 5.74) is 1.49. The zero-order valence-electron chi connectivity index (χ0n) is 14.1. The Bertz CT molecular complexity index is 662. The normalized spacial score (nSPS) is 15.7. The van der Waals surface area contributed by atoms with Gasteiger partial charge in [-0.15, -0.1) is 0 Å². The van der Waals surface area contributed by atoms with Crippen LogP contribution in [0.2, 0.25) is 0 Å². The van der Waals surface area contributed by atoms with E-state index in [1.807, 2.05) is 0 Å². The molecule has 0 spiro atoms. The van der Waals surface area contributed by atoms with Crippen molar-refractivity contribution in [3.63, 3.8) is 0 Å². The Morgan fingerprint density at radius 3 is 1.87 bits per heavy atom. The van der Waals surface area contributed by atoms with Gasteiger partial charge in [-0.2, -0.15) is 0 Å². The molecule has 118 valence electrons. The number of nitrogens with zero attached hydrogens (tertiary/aromatic N) is 1. The van der Waals surface area contributed by atoms with Crippen molar-refractivity contribution in [1.82, 2.24) is 4.90 Å². The van der Waals surface area contributed by atoms with Crippen molar-refractivity contribution < 1.29 is 0 Å². The van der Waals surface area contributed by atoms with Crippen molar-refractivity contribution in [3.8, 4) is 0 Å². The fourth-order valence-corrected chi connectivity index (χ4v) is 5.67. The largest absolute Gasteiger partial charge is 0.303 e. The predicted molar refractivity (Wildman–Crippen MR) is 103 cm³/mol. The maximum absolute atomic E-state index is 2.33. The molecule has 0 aliphatic heterocycles. The Kier molecular flexibility index (Phi) is 5.10. The van der Waals surface area contributed by atoms with E-state index in [0.717, 1.165) is 6.42 Å². The van der Waals surface area contributed by atoms with Crippen molar-refractivity contribution in [2.24, 2.45) is 0 Å². The van der Waals surface area contributed by atoms with Crippen LogP contribution in [0.4, 0.5) is 0 Å². The van der Waals surface area contributed by atoms with Crippen LogP contribution >= 0.6 is 7.92 Å². The maximum Gasteiger partial charge on any atom is 0.0317 e. The molecule has 2 aromatic rings. The molecule has 0 fully saturated rings. The lowest BCUT2D eigenvalue weighted by Crippen LogP contribution is -2.27. The molecular weight excluding hydrogens is 297 g/mol. The van der Waals surface area contributed by atoms with Crippen molar-refractivity contribution in [3.05, 3.63) is 83.7 Å². The molecule has 2 heteroatoms. The average molecular weight is 321 g/mol. The zero-order valence-corrected chi connectivity index (χ0v) is 15.0. The van der Waals surface area contributed by atoms with Crippen LogP contribution in [0.5, 0.6) is 0 Å². The topological polar surface area (TPSA) is 3.24 Å². The minimum absolute atomic E-state index is 0.446. The second-order valence-corrected chi connectivity index (χ2v) is 8.40. The summed E-state index contributed by atoms with van der Waals surface area (Å²) in [6.45, 7) is 2.30. The molecule has 2 aromatic carbocycles. The Hall–Kier alpha value is -1.69. The molecule has 0 N–H and O–H groups in total. The molecule has 23 heavy (non-hydrogen) atoms. The second kappa shape index (κ2) is 7.25. The summed E-state index contributed by atoms with van der Waals surface area (Å²) in [7, 11) is 3.86. The first-order valence-corrected chi connectivity index (χ1v) is 9.49. The monoisotopic (exact) mass is 321 g/mol. The fraction of sp³-hybridized carbons (Fsp3) is 0.238. The minimum atomic E-state index is -0.458. The summed E-state index contributed by atoms with van der Waals surface area (Å²) < 4.78 is 0. The van der Waals surface area contributed by atoms with Gasteiger partial charge in [-0.3, -0.25) is 0 Å². The van der Waals surface area contributed by atoms with E-state index < -0.39 is 7.92 Å². The summed E-state index contributed by atoms with van der Waals surface area (Å²) in [6, 6.07) is 22.4. The summed E-state index contributed by atoms with van der Waals surface area (Å²) in [5.74, 6) is 0. The number of hydrogen-bond acceptors (Lipinski definition) is 1. The van der Waals surface area contributed by atoms with E-state index in [9.17, 15) is 0 Å². The third-order valence-electron chi connectivity index (χ3n) is 4.47. The Balaban J connectivity index is 2.11. The van der Waals surface area contributed by atoms with E-state index in [-0.39, 0.29) is 0 Å². The number of allylic oxidation sites excluding steroid dienone is 2. The van der Waals surface area contributed by atoms with Crippen LogP contribution in [-0.2, 0) is 0 Å². The van der Waals surface area contributed by atoms with Gasteiger partial charge in [0.15, 0.2) is 0 Å². The lowest BCUT2D eigenvalue weighted by molar-refractivity contribution is 0.354. The summed E-state index contributed by atoms with van der Waals surface area (Å²) in [6.07, 6.45) is 5.73. The van der Waals surface area contributed by atoms with Crippen LogP contribution in [-0.4, -0.2) is 25.0 Å². The SMILES string of the molecule is C[C@H](C1=C(P(c2ccccc2)c2ccccc2)CC=C1)N(C)C.